The first-order valence-corrected chi connectivity index (χ1v) is 3.31. The Balaban J connectivity index is 2.17. The number of hydrogen-bond donors (Lipinski definition) is 1. The van der Waals surface area contributed by atoms with E-state index < -0.39 is 0 Å². The van der Waals surface area contributed by atoms with Gasteiger partial charge >= 0.3 is 0 Å². The molecular formula is C7H15N. The molecule has 1 aliphatic rings. The Labute approximate surface area is 51.5 Å². The molecule has 0 spiro atoms. The van der Waals surface area contributed by atoms with E-state index in [2.05, 4.69) is 19.2 Å². The van der Waals surface area contributed by atoms with E-state index in [0.29, 0.717) is 5.41 Å². The summed E-state index contributed by atoms with van der Waals surface area (Å²) in [6.07, 6.45) is 1.41. The average molecular weight is 113 g/mol. The van der Waals surface area contributed by atoms with E-state index in [1.54, 1.807) is 0 Å². The minimum absolute atomic E-state index is 0.656. The fourth-order valence-corrected chi connectivity index (χ4v) is 1.17. The van der Waals surface area contributed by atoms with Gasteiger partial charge in [0.25, 0.3) is 0 Å². The number of hydrogen-bond acceptors (Lipinski definition) is 1. The van der Waals surface area contributed by atoms with Crippen LogP contribution in [0.25, 0.3) is 0 Å². The van der Waals surface area contributed by atoms with Gasteiger partial charge in [0.1, 0.15) is 0 Å². The highest BCUT2D eigenvalue weighted by molar-refractivity contribution is 4.95. The molecule has 1 aliphatic carbocycles. The Hall–Kier alpha value is -0.0400. The van der Waals surface area contributed by atoms with Crippen molar-refractivity contribution < 1.29 is 0 Å². The monoisotopic (exact) mass is 113 g/mol. The van der Waals surface area contributed by atoms with Gasteiger partial charge < -0.3 is 5.32 Å². The second-order valence-electron chi connectivity index (χ2n) is 3.45. The van der Waals surface area contributed by atoms with Crippen molar-refractivity contribution in [3.8, 4) is 0 Å². The van der Waals surface area contributed by atoms with E-state index in [-0.39, 0.29) is 0 Å². The van der Waals surface area contributed by atoms with Gasteiger partial charge in [-0.2, -0.15) is 0 Å². The maximum absolute atomic E-state index is 3.19. The summed E-state index contributed by atoms with van der Waals surface area (Å²) in [5.74, 6) is 0.951. The predicted octanol–water partition coefficient (Wildman–Crippen LogP) is 1.25. The summed E-state index contributed by atoms with van der Waals surface area (Å²) in [5.41, 5.74) is 0.656. The van der Waals surface area contributed by atoms with Gasteiger partial charge in [-0.25, -0.2) is 0 Å². The fourth-order valence-electron chi connectivity index (χ4n) is 1.17. The zero-order valence-corrected chi connectivity index (χ0v) is 5.99. The smallest absolute Gasteiger partial charge is 0.00182 e. The van der Waals surface area contributed by atoms with E-state index >= 15 is 0 Å². The summed E-state index contributed by atoms with van der Waals surface area (Å²) in [6, 6.07) is 0. The van der Waals surface area contributed by atoms with Crippen LogP contribution in [0.15, 0.2) is 0 Å². The summed E-state index contributed by atoms with van der Waals surface area (Å²) in [5, 5.41) is 3.19. The van der Waals surface area contributed by atoms with Gasteiger partial charge in [0.15, 0.2) is 0 Å². The second-order valence-corrected chi connectivity index (χ2v) is 3.45. The highest BCUT2D eigenvalue weighted by Crippen LogP contribution is 2.50. The third-order valence-electron chi connectivity index (χ3n) is 2.17. The lowest BCUT2D eigenvalue weighted by Crippen LogP contribution is -2.12. The van der Waals surface area contributed by atoms with Crippen LogP contribution in [0.3, 0.4) is 0 Å². The Morgan fingerprint density at radius 1 is 1.62 bits per heavy atom. The molecule has 1 heteroatoms. The molecule has 1 saturated carbocycles. The largest absolute Gasteiger partial charge is 0.319 e. The molecule has 1 fully saturated rings. The maximum atomic E-state index is 3.19. The summed E-state index contributed by atoms with van der Waals surface area (Å²) in [6.45, 7) is 5.86. The molecule has 8 heavy (non-hydrogen) atoms. The zero-order valence-electron chi connectivity index (χ0n) is 5.99. The molecule has 0 bridgehead atoms. The van der Waals surface area contributed by atoms with Crippen LogP contribution in [0, 0.1) is 11.3 Å². The normalized spacial score (nSPS) is 32.6. The molecule has 0 saturated heterocycles. The van der Waals surface area contributed by atoms with Crippen molar-refractivity contribution in [2.75, 3.05) is 13.6 Å². The fraction of sp³-hybridized carbons (Fsp3) is 1.00. The molecule has 48 valence electrons. The highest BCUT2D eigenvalue weighted by atomic mass is 14.8. The summed E-state index contributed by atoms with van der Waals surface area (Å²) < 4.78 is 0. The molecule has 1 rings (SSSR count). The second kappa shape index (κ2) is 1.73. The minimum atomic E-state index is 0.656. The third-order valence-corrected chi connectivity index (χ3v) is 2.17. The molecule has 1 N–H and O–H groups in total. The van der Waals surface area contributed by atoms with Crippen molar-refractivity contribution in [3.05, 3.63) is 0 Å². The molecule has 1 atom stereocenters. The molecular weight excluding hydrogens is 98.1 g/mol. The average Bonchev–Trinajstić information content (AvgIpc) is 2.15. The molecule has 0 aliphatic heterocycles. The number of rotatable bonds is 2. The Bertz CT molecular complexity index is 86.4. The molecule has 0 aromatic carbocycles. The Morgan fingerprint density at radius 2 is 2.12 bits per heavy atom. The van der Waals surface area contributed by atoms with Crippen molar-refractivity contribution in [1.29, 1.82) is 0 Å². The van der Waals surface area contributed by atoms with Crippen LogP contribution in [0.2, 0.25) is 0 Å². The van der Waals surface area contributed by atoms with E-state index in [0.717, 1.165) is 5.92 Å². The van der Waals surface area contributed by atoms with Gasteiger partial charge in [0.05, 0.1) is 0 Å². The van der Waals surface area contributed by atoms with Crippen LogP contribution >= 0.6 is 0 Å². The standard InChI is InChI=1S/C7H15N/c1-7(2)4-6(7)5-8-3/h6,8H,4-5H2,1-3H3/t6-/m1/s1. The van der Waals surface area contributed by atoms with Gasteiger partial charge in [0.2, 0.25) is 0 Å². The van der Waals surface area contributed by atoms with E-state index in [1.165, 1.54) is 13.0 Å². The van der Waals surface area contributed by atoms with Gasteiger partial charge in [-0.1, -0.05) is 13.8 Å². The summed E-state index contributed by atoms with van der Waals surface area (Å²) in [4.78, 5) is 0. The van der Waals surface area contributed by atoms with Crippen LogP contribution in [-0.2, 0) is 0 Å². The van der Waals surface area contributed by atoms with Gasteiger partial charge in [-0.05, 0) is 31.3 Å². The lowest BCUT2D eigenvalue weighted by Gasteiger charge is -1.99. The topological polar surface area (TPSA) is 12.0 Å². The predicted molar refractivity (Wildman–Crippen MR) is 35.8 cm³/mol. The Morgan fingerprint density at radius 3 is 2.25 bits per heavy atom. The zero-order chi connectivity index (χ0) is 6.20. The van der Waals surface area contributed by atoms with Crippen molar-refractivity contribution in [2.45, 2.75) is 20.3 Å². The minimum Gasteiger partial charge on any atom is -0.319 e. The Kier molecular flexibility index (Phi) is 1.31. The van der Waals surface area contributed by atoms with E-state index in [1.807, 2.05) is 7.05 Å². The summed E-state index contributed by atoms with van der Waals surface area (Å²) in [7, 11) is 2.02. The molecule has 0 radical (unpaired) electrons. The number of nitrogens with one attached hydrogen (secondary N) is 1. The van der Waals surface area contributed by atoms with Crippen molar-refractivity contribution in [1.82, 2.24) is 5.32 Å². The quantitative estimate of drug-likeness (QED) is 0.568. The van der Waals surface area contributed by atoms with Crippen LogP contribution in [0.1, 0.15) is 20.3 Å². The molecule has 0 heterocycles. The van der Waals surface area contributed by atoms with Crippen LogP contribution in [0.5, 0.6) is 0 Å². The van der Waals surface area contributed by atoms with Crippen LogP contribution in [0.4, 0.5) is 0 Å². The van der Waals surface area contributed by atoms with Crippen molar-refractivity contribution in [2.24, 2.45) is 11.3 Å². The van der Waals surface area contributed by atoms with Crippen molar-refractivity contribution in [3.63, 3.8) is 0 Å². The van der Waals surface area contributed by atoms with Crippen LogP contribution < -0.4 is 5.32 Å². The highest BCUT2D eigenvalue weighted by Gasteiger charge is 2.44. The lowest BCUT2D eigenvalue weighted by molar-refractivity contribution is 0.539. The van der Waals surface area contributed by atoms with Gasteiger partial charge in [0, 0.05) is 0 Å². The van der Waals surface area contributed by atoms with Gasteiger partial charge in [-0.15, -0.1) is 0 Å². The SMILES string of the molecule is CNC[C@H]1CC1(C)C. The van der Waals surface area contributed by atoms with Gasteiger partial charge in [-0.3, -0.25) is 0 Å². The molecule has 0 amide bonds. The first-order valence-electron chi connectivity index (χ1n) is 3.31. The molecule has 0 unspecified atom stereocenters. The molecule has 1 nitrogen and oxygen atoms in total. The van der Waals surface area contributed by atoms with Crippen molar-refractivity contribution >= 4 is 0 Å². The maximum Gasteiger partial charge on any atom is -0.00182 e. The van der Waals surface area contributed by atoms with Crippen LogP contribution in [-0.4, -0.2) is 13.6 Å². The first kappa shape index (κ1) is 6.09. The first-order chi connectivity index (χ1) is 3.67. The van der Waals surface area contributed by atoms with E-state index in [4.69, 9.17) is 0 Å². The van der Waals surface area contributed by atoms with E-state index in [9.17, 15) is 0 Å². The molecule has 0 aromatic heterocycles. The lowest BCUT2D eigenvalue weighted by atomic mass is 10.1. The summed E-state index contributed by atoms with van der Waals surface area (Å²) >= 11 is 0. The third kappa shape index (κ3) is 1.03. The molecule has 0 aromatic rings.